The summed E-state index contributed by atoms with van der Waals surface area (Å²) in [5.41, 5.74) is 0.332. The molecule has 1 heterocycles. The first-order valence-corrected chi connectivity index (χ1v) is 18.6. The van der Waals surface area contributed by atoms with Gasteiger partial charge in [0, 0.05) is 30.0 Å². The second-order valence-electron chi connectivity index (χ2n) is 17.1. The maximum absolute atomic E-state index is 13.5. The highest BCUT2D eigenvalue weighted by Crippen LogP contribution is 2.78. The minimum atomic E-state index is -0.930. The number of nitrogens with zero attached hydrogens (tertiary/aromatic N) is 1. The van der Waals surface area contributed by atoms with Crippen molar-refractivity contribution < 1.29 is 14.6 Å². The number of allylic oxidation sites excluding steroid dienone is 1. The smallest absolute Gasteiger partial charge is 0.312 e. The van der Waals surface area contributed by atoms with Crippen molar-refractivity contribution >= 4 is 30.1 Å². The summed E-state index contributed by atoms with van der Waals surface area (Å²) in [6.45, 7) is 22.2. The standard InChI is InChI=1S/C38H59NO3S.ClH/c1-26(2)27-12-16-37(32(40)42-8)19-18-35(6)28(31(27)37)10-11-30-34(5)17-20-38(41,14-9-21-39-22-24-43-25-23-39)33(3,4)29(34)13-15-36(30,35)7;/h27-31,41H,1,10-13,15-25H2,2-8H3;1H/t27-,28+,29-,30+,31+,34-,35+,36+,37-,38-;/m0./s1. The lowest BCUT2D eigenvalue weighted by Crippen LogP contribution is -2.68. The minimum absolute atomic E-state index is 0. The van der Waals surface area contributed by atoms with Crippen molar-refractivity contribution in [3.05, 3.63) is 12.2 Å². The fraction of sp³-hybridized carbons (Fsp3) is 0.868. The van der Waals surface area contributed by atoms with E-state index in [0.29, 0.717) is 29.6 Å². The third-order valence-electron chi connectivity index (χ3n) is 15.6. The van der Waals surface area contributed by atoms with E-state index in [1.807, 2.05) is 11.8 Å². The number of carbonyl (C=O) groups is 1. The zero-order valence-corrected chi connectivity index (χ0v) is 30.4. The number of esters is 1. The molecular formula is C38H60ClNO3S. The molecule has 248 valence electrons. The van der Waals surface area contributed by atoms with Crippen molar-refractivity contribution in [1.82, 2.24) is 4.90 Å². The van der Waals surface area contributed by atoms with Crippen LogP contribution in [0, 0.1) is 68.5 Å². The summed E-state index contributed by atoms with van der Waals surface area (Å²) in [7, 11) is 1.60. The molecule has 1 N–H and O–H groups in total. The number of thioether (sulfide) groups is 1. The van der Waals surface area contributed by atoms with Crippen LogP contribution in [0.15, 0.2) is 12.2 Å². The van der Waals surface area contributed by atoms with Crippen LogP contribution in [0.3, 0.4) is 0 Å². The molecule has 5 aliphatic carbocycles. The Labute approximate surface area is 279 Å². The highest BCUT2D eigenvalue weighted by atomic mass is 35.5. The normalized spacial score (nSPS) is 47.8. The zero-order valence-electron chi connectivity index (χ0n) is 28.7. The van der Waals surface area contributed by atoms with E-state index in [4.69, 9.17) is 4.74 Å². The van der Waals surface area contributed by atoms with Crippen LogP contribution in [0.5, 0.6) is 0 Å². The topological polar surface area (TPSA) is 49.8 Å². The Kier molecular flexibility index (Phi) is 9.28. The number of aliphatic hydroxyl groups is 1. The van der Waals surface area contributed by atoms with Gasteiger partial charge in [-0.1, -0.05) is 58.6 Å². The van der Waals surface area contributed by atoms with E-state index in [9.17, 15) is 9.90 Å². The average Bonchev–Trinajstić information content (AvgIpc) is 3.37. The summed E-state index contributed by atoms with van der Waals surface area (Å²) in [5, 5.41) is 12.2. The van der Waals surface area contributed by atoms with E-state index in [0.717, 1.165) is 64.6 Å². The van der Waals surface area contributed by atoms with Crippen molar-refractivity contribution in [3.63, 3.8) is 0 Å². The number of methoxy groups -OCH3 is 1. The second kappa shape index (κ2) is 11.8. The number of hydrogen-bond acceptors (Lipinski definition) is 5. The first-order chi connectivity index (χ1) is 20.2. The maximum Gasteiger partial charge on any atom is 0.312 e. The number of carbonyl (C=O) groups excluding carboxylic acids is 1. The van der Waals surface area contributed by atoms with E-state index in [1.54, 1.807) is 7.11 Å². The Balaban J connectivity index is 0.00000384. The van der Waals surface area contributed by atoms with Crippen molar-refractivity contribution in [2.45, 2.75) is 111 Å². The lowest BCUT2D eigenvalue weighted by molar-refractivity contribution is -0.256. The van der Waals surface area contributed by atoms with Crippen LogP contribution >= 0.6 is 24.2 Å². The van der Waals surface area contributed by atoms with Crippen LogP contribution in [0.4, 0.5) is 0 Å². The highest BCUT2D eigenvalue weighted by Gasteiger charge is 2.73. The van der Waals surface area contributed by atoms with E-state index in [1.165, 1.54) is 36.3 Å². The SMILES string of the molecule is C=C(C)[C@@H]1CC[C@]2(C(=O)OC)CC[C@]3(C)[C@H](CC[C@@H]4[C@@]5(C)CC[C@@](O)(C#CCN6CCSCC6)C(C)(C)[C@@H]5CC[C@]43C)[C@@H]12.Cl. The molecule has 6 rings (SSSR count). The molecule has 10 atom stereocenters. The summed E-state index contributed by atoms with van der Waals surface area (Å²) in [5.74, 6) is 11.7. The van der Waals surface area contributed by atoms with E-state index >= 15 is 0 Å². The predicted octanol–water partition coefficient (Wildman–Crippen LogP) is 8.02. The van der Waals surface area contributed by atoms with Crippen LogP contribution in [0.25, 0.3) is 0 Å². The highest BCUT2D eigenvalue weighted by molar-refractivity contribution is 7.99. The zero-order chi connectivity index (χ0) is 31.1. The molecule has 0 aromatic carbocycles. The third kappa shape index (κ3) is 4.72. The van der Waals surface area contributed by atoms with Gasteiger partial charge in [-0.25, -0.2) is 0 Å². The van der Waals surface area contributed by atoms with Crippen LogP contribution < -0.4 is 0 Å². The van der Waals surface area contributed by atoms with Crippen molar-refractivity contribution in [2.24, 2.45) is 56.7 Å². The van der Waals surface area contributed by atoms with E-state index in [2.05, 4.69) is 64.9 Å². The summed E-state index contributed by atoms with van der Waals surface area (Å²) in [6.07, 6.45) is 10.7. The number of rotatable bonds is 3. The first-order valence-electron chi connectivity index (χ1n) is 17.5. The van der Waals surface area contributed by atoms with Gasteiger partial charge >= 0.3 is 5.97 Å². The summed E-state index contributed by atoms with van der Waals surface area (Å²) in [6, 6.07) is 0. The molecule has 4 nitrogen and oxygen atoms in total. The lowest BCUT2D eigenvalue weighted by atomic mass is 9.31. The molecule has 6 fully saturated rings. The quantitative estimate of drug-likeness (QED) is 0.191. The van der Waals surface area contributed by atoms with Gasteiger partial charge in [-0.2, -0.15) is 11.8 Å². The van der Waals surface area contributed by atoms with Crippen LogP contribution in [0.2, 0.25) is 0 Å². The van der Waals surface area contributed by atoms with Crippen LogP contribution in [0.1, 0.15) is 106 Å². The molecule has 0 unspecified atom stereocenters. The fourth-order valence-corrected chi connectivity index (χ4v) is 13.9. The monoisotopic (exact) mass is 645 g/mol. The Morgan fingerprint density at radius 1 is 0.932 bits per heavy atom. The molecule has 1 aliphatic heterocycles. The van der Waals surface area contributed by atoms with Gasteiger partial charge < -0.3 is 9.84 Å². The van der Waals surface area contributed by atoms with Gasteiger partial charge in [0.1, 0.15) is 5.60 Å². The molecule has 0 amide bonds. The predicted molar refractivity (Wildman–Crippen MR) is 185 cm³/mol. The summed E-state index contributed by atoms with van der Waals surface area (Å²) in [4.78, 5) is 16.0. The molecule has 0 aromatic rings. The number of halogens is 1. The largest absolute Gasteiger partial charge is 0.469 e. The average molecular weight is 646 g/mol. The minimum Gasteiger partial charge on any atom is -0.469 e. The number of ether oxygens (including phenoxy) is 1. The van der Waals surface area contributed by atoms with Crippen molar-refractivity contribution in [2.75, 3.05) is 38.2 Å². The number of fused-ring (bicyclic) bond motifs is 7. The van der Waals surface area contributed by atoms with Crippen LogP contribution in [-0.2, 0) is 9.53 Å². The van der Waals surface area contributed by atoms with Gasteiger partial charge in [-0.15, -0.1) is 12.4 Å². The molecule has 5 saturated carbocycles. The van der Waals surface area contributed by atoms with Gasteiger partial charge in [-0.3, -0.25) is 9.69 Å². The molecule has 6 heteroatoms. The second-order valence-corrected chi connectivity index (χ2v) is 18.3. The molecule has 44 heavy (non-hydrogen) atoms. The number of hydrogen-bond donors (Lipinski definition) is 1. The summed E-state index contributed by atoms with van der Waals surface area (Å²) >= 11 is 2.03. The fourth-order valence-electron chi connectivity index (χ4n) is 12.9. The molecule has 0 spiro atoms. The third-order valence-corrected chi connectivity index (χ3v) is 16.5. The Morgan fingerprint density at radius 2 is 1.64 bits per heavy atom. The summed E-state index contributed by atoms with van der Waals surface area (Å²) < 4.78 is 5.55. The van der Waals surface area contributed by atoms with Gasteiger partial charge in [0.05, 0.1) is 19.1 Å². The molecule has 6 aliphatic rings. The molecule has 0 aromatic heterocycles. The van der Waals surface area contributed by atoms with Gasteiger partial charge in [0.2, 0.25) is 0 Å². The van der Waals surface area contributed by atoms with Gasteiger partial charge in [0.15, 0.2) is 0 Å². The van der Waals surface area contributed by atoms with Crippen molar-refractivity contribution in [1.29, 1.82) is 0 Å². The van der Waals surface area contributed by atoms with Crippen molar-refractivity contribution in [3.8, 4) is 11.8 Å². The Bertz CT molecular complexity index is 1200. The lowest BCUT2D eigenvalue weighted by Gasteiger charge is -2.73. The maximum atomic E-state index is 13.5. The molecule has 1 saturated heterocycles. The van der Waals surface area contributed by atoms with Crippen LogP contribution in [-0.4, -0.2) is 59.8 Å². The van der Waals surface area contributed by atoms with E-state index in [-0.39, 0.29) is 45.5 Å². The molecule has 0 bridgehead atoms. The Morgan fingerprint density at radius 3 is 2.30 bits per heavy atom. The van der Waals surface area contributed by atoms with Gasteiger partial charge in [0.25, 0.3) is 0 Å². The Hall–Kier alpha value is -0.670. The first kappa shape index (κ1) is 34.7. The van der Waals surface area contributed by atoms with Gasteiger partial charge in [-0.05, 0) is 117 Å². The van der Waals surface area contributed by atoms with E-state index < -0.39 is 5.60 Å². The molecular weight excluding hydrogens is 586 g/mol. The molecule has 0 radical (unpaired) electrons.